The normalized spacial score (nSPS) is 15.8. The van der Waals surface area contributed by atoms with Gasteiger partial charge in [-0.2, -0.15) is 19.7 Å². The van der Waals surface area contributed by atoms with Crippen molar-refractivity contribution in [2.45, 2.75) is 11.6 Å². The van der Waals surface area contributed by atoms with E-state index in [1.165, 1.54) is 24.3 Å². The first-order valence-corrected chi connectivity index (χ1v) is 10.1. The Morgan fingerprint density at radius 3 is 2.55 bits per heavy atom. The number of benzene rings is 2. The summed E-state index contributed by atoms with van der Waals surface area (Å²) in [5, 5.41) is 7.43. The highest BCUT2D eigenvalue weighted by Gasteiger charge is 2.46. The topological polar surface area (TPSA) is 70.9 Å². The third-order valence-corrected chi connectivity index (χ3v) is 5.83. The maximum Gasteiger partial charge on any atom is 0.433 e. The predicted octanol–water partition coefficient (Wildman–Crippen LogP) is 4.86. The zero-order valence-electron chi connectivity index (χ0n) is 17.0. The van der Waals surface area contributed by atoms with Crippen molar-refractivity contribution in [1.29, 1.82) is 0 Å². The van der Waals surface area contributed by atoms with Crippen LogP contribution < -0.4 is 11.1 Å². The number of nitrogens with zero attached hydrogens (tertiary/aromatic N) is 4. The van der Waals surface area contributed by atoms with Crippen LogP contribution in [0.3, 0.4) is 0 Å². The number of rotatable bonds is 4. The van der Waals surface area contributed by atoms with E-state index in [2.05, 4.69) is 20.4 Å². The van der Waals surface area contributed by atoms with Gasteiger partial charge in [0.2, 0.25) is 0 Å². The molecule has 2 heterocycles. The van der Waals surface area contributed by atoms with E-state index in [0.717, 1.165) is 11.6 Å². The number of fused-ring (bicyclic) bond motifs is 1. The largest absolute Gasteiger partial charge is 0.433 e. The maximum absolute atomic E-state index is 13.5. The summed E-state index contributed by atoms with van der Waals surface area (Å²) in [5.74, 6) is -0.361. The minimum atomic E-state index is -4.63. The van der Waals surface area contributed by atoms with Gasteiger partial charge in [-0.05, 0) is 42.0 Å². The second-order valence-electron chi connectivity index (χ2n) is 7.77. The number of aromatic nitrogens is 1. The fraction of sp³-hybridized carbons (Fsp3) is 0.227. The molecule has 1 aliphatic rings. The van der Waals surface area contributed by atoms with Crippen LogP contribution in [-0.2, 0) is 11.6 Å². The summed E-state index contributed by atoms with van der Waals surface area (Å²) in [7, 11) is 0. The summed E-state index contributed by atoms with van der Waals surface area (Å²) in [6.07, 6.45) is -4.63. The third kappa shape index (κ3) is 4.50. The molecule has 3 aromatic rings. The summed E-state index contributed by atoms with van der Waals surface area (Å²) in [4.78, 5) is 8.31. The summed E-state index contributed by atoms with van der Waals surface area (Å²) >= 11 is 6.07. The first-order chi connectivity index (χ1) is 15.6. The fourth-order valence-corrected chi connectivity index (χ4v) is 4.09. The van der Waals surface area contributed by atoms with Crippen LogP contribution in [0.15, 0.2) is 53.6 Å². The third-order valence-electron chi connectivity index (χ3n) is 5.60. The van der Waals surface area contributed by atoms with Crippen LogP contribution >= 0.6 is 11.6 Å². The van der Waals surface area contributed by atoms with Gasteiger partial charge in [0.1, 0.15) is 16.6 Å². The Bertz CT molecular complexity index is 1260. The molecule has 3 N–H and O–H groups in total. The lowest BCUT2D eigenvalue weighted by molar-refractivity contribution is -0.140. The number of alkyl halides is 3. The van der Waals surface area contributed by atoms with Gasteiger partial charge >= 0.3 is 6.18 Å². The Balaban J connectivity index is 1.70. The molecular weight excluding hydrogens is 460 g/mol. The van der Waals surface area contributed by atoms with Crippen molar-refractivity contribution in [2.75, 3.05) is 25.0 Å². The predicted molar refractivity (Wildman–Crippen MR) is 118 cm³/mol. The number of likely N-dealkylation sites (tertiary alicyclic amines) is 1. The van der Waals surface area contributed by atoms with Crippen LogP contribution in [0.25, 0.3) is 15.9 Å². The standard InChI is InChI=1S/C22H17ClF4N6/c1-29-32-20(28)33-11-21(12-33,13-2-5-15(24)6-3-13)10-30-18-9-19(22(25,26)27)31-17-7-4-14(23)8-16(17)18/h2-9H,10-12H2,(H2,28,32)(H,30,31). The average Bonchev–Trinajstić information content (AvgIpc) is 2.73. The molecule has 1 saturated heterocycles. The Morgan fingerprint density at radius 2 is 1.91 bits per heavy atom. The Morgan fingerprint density at radius 1 is 1.21 bits per heavy atom. The smallest absolute Gasteiger partial charge is 0.383 e. The quantitative estimate of drug-likeness (QED) is 0.185. The molecule has 4 rings (SSSR count). The lowest BCUT2D eigenvalue weighted by atomic mass is 9.73. The van der Waals surface area contributed by atoms with E-state index in [9.17, 15) is 17.6 Å². The molecular formula is C22H17ClF4N6. The van der Waals surface area contributed by atoms with E-state index in [-0.39, 0.29) is 23.7 Å². The van der Waals surface area contributed by atoms with Gasteiger partial charge in [-0.3, -0.25) is 0 Å². The van der Waals surface area contributed by atoms with E-state index in [0.29, 0.717) is 23.5 Å². The molecule has 170 valence electrons. The molecule has 0 bridgehead atoms. The molecule has 0 saturated carbocycles. The average molecular weight is 477 g/mol. The Kier molecular flexibility index (Phi) is 5.76. The molecule has 2 aromatic carbocycles. The molecule has 33 heavy (non-hydrogen) atoms. The van der Waals surface area contributed by atoms with Gasteiger partial charge in [0.15, 0.2) is 0 Å². The van der Waals surface area contributed by atoms with Crippen LogP contribution in [0.5, 0.6) is 0 Å². The van der Waals surface area contributed by atoms with Gasteiger partial charge in [-0.1, -0.05) is 23.7 Å². The van der Waals surface area contributed by atoms with Gasteiger partial charge in [-0.25, -0.2) is 9.37 Å². The van der Waals surface area contributed by atoms with Crippen molar-refractivity contribution in [2.24, 2.45) is 10.8 Å². The minimum Gasteiger partial charge on any atom is -0.383 e. The van der Waals surface area contributed by atoms with Gasteiger partial charge in [0, 0.05) is 41.1 Å². The first-order valence-electron chi connectivity index (χ1n) is 9.74. The lowest BCUT2D eigenvalue weighted by Gasteiger charge is -2.50. The Hall–Kier alpha value is -3.58. The molecule has 1 aromatic heterocycles. The second-order valence-corrected chi connectivity index (χ2v) is 8.21. The molecule has 1 fully saturated rings. The zero-order valence-corrected chi connectivity index (χ0v) is 17.8. The molecule has 0 aliphatic carbocycles. The van der Waals surface area contributed by atoms with Gasteiger partial charge < -0.3 is 16.0 Å². The number of nitrogens with two attached hydrogens (primary N) is 1. The number of hydrogen-bond acceptors (Lipinski definition) is 3. The summed E-state index contributed by atoms with van der Waals surface area (Å²) in [6.45, 7) is 7.73. The van der Waals surface area contributed by atoms with E-state index >= 15 is 0 Å². The van der Waals surface area contributed by atoms with Gasteiger partial charge in [-0.15, -0.1) is 4.95 Å². The molecule has 6 nitrogen and oxygen atoms in total. The van der Waals surface area contributed by atoms with Crippen molar-refractivity contribution < 1.29 is 17.6 Å². The zero-order chi connectivity index (χ0) is 23.8. The fourth-order valence-electron chi connectivity index (χ4n) is 3.91. The number of nitrogens with one attached hydrogen (secondary N) is 1. The number of halogens is 5. The van der Waals surface area contributed by atoms with Crippen molar-refractivity contribution in [1.82, 2.24) is 9.88 Å². The van der Waals surface area contributed by atoms with Crippen LogP contribution in [0.4, 0.5) is 23.2 Å². The molecule has 11 heteroatoms. The maximum atomic E-state index is 13.5. The minimum absolute atomic E-state index is 0.0447. The summed E-state index contributed by atoms with van der Waals surface area (Å²) in [5.41, 5.74) is 5.32. The lowest BCUT2D eigenvalue weighted by Crippen LogP contribution is -2.65. The van der Waals surface area contributed by atoms with E-state index < -0.39 is 23.1 Å². The van der Waals surface area contributed by atoms with Crippen molar-refractivity contribution in [3.05, 3.63) is 82.2 Å². The van der Waals surface area contributed by atoms with Crippen LogP contribution in [0.1, 0.15) is 11.3 Å². The summed E-state index contributed by atoms with van der Waals surface area (Å²) in [6, 6.07) is 11.3. The van der Waals surface area contributed by atoms with Crippen LogP contribution in [-0.4, -0.2) is 35.5 Å². The molecule has 0 radical (unpaired) electrons. The highest BCUT2D eigenvalue weighted by atomic mass is 35.5. The molecule has 0 unspecified atom stereocenters. The number of anilines is 1. The van der Waals surface area contributed by atoms with E-state index in [1.807, 2.05) is 0 Å². The number of pyridine rings is 1. The molecule has 1 aliphatic heterocycles. The highest BCUT2D eigenvalue weighted by molar-refractivity contribution is 6.31. The van der Waals surface area contributed by atoms with Gasteiger partial charge in [0.05, 0.1) is 5.52 Å². The SMILES string of the molecule is [C-]#[N+]/N=C(\N)N1CC(CNc2cc(C(F)(F)F)nc3ccc(Cl)cc23)(c2ccc(F)cc2)C1. The number of hydrogen-bond donors (Lipinski definition) is 2. The Labute approximate surface area is 191 Å². The van der Waals surface area contributed by atoms with Crippen molar-refractivity contribution >= 4 is 34.2 Å². The molecule has 0 atom stereocenters. The monoisotopic (exact) mass is 476 g/mol. The second kappa shape index (κ2) is 8.41. The van der Waals surface area contributed by atoms with Crippen LogP contribution in [0.2, 0.25) is 5.02 Å². The van der Waals surface area contributed by atoms with Crippen LogP contribution in [0, 0.1) is 12.4 Å². The molecule has 0 amide bonds. The van der Waals surface area contributed by atoms with E-state index in [1.54, 1.807) is 23.1 Å². The van der Waals surface area contributed by atoms with Crippen molar-refractivity contribution in [3.8, 4) is 0 Å². The number of guanidine groups is 1. The first kappa shape index (κ1) is 22.6. The van der Waals surface area contributed by atoms with E-state index in [4.69, 9.17) is 23.9 Å². The van der Waals surface area contributed by atoms with Gasteiger partial charge in [0.25, 0.3) is 5.96 Å². The summed E-state index contributed by atoms with van der Waals surface area (Å²) < 4.78 is 53.8. The molecule has 0 spiro atoms. The van der Waals surface area contributed by atoms with Crippen molar-refractivity contribution in [3.63, 3.8) is 0 Å². The highest BCUT2D eigenvalue weighted by Crippen LogP contribution is 2.38.